The van der Waals surface area contributed by atoms with E-state index in [4.69, 9.17) is 5.11 Å². The van der Waals surface area contributed by atoms with Crippen molar-refractivity contribution >= 4 is 16.2 Å². The van der Waals surface area contributed by atoms with Crippen molar-refractivity contribution < 1.29 is 23.4 Å². The smallest absolute Gasteiger partial charge is 0.322 e. The predicted octanol–water partition coefficient (Wildman–Crippen LogP) is 0.0634. The molecule has 0 aromatic heterocycles. The summed E-state index contributed by atoms with van der Waals surface area (Å²) in [5, 5.41) is 19.0. The average molecular weight is 306 g/mol. The lowest BCUT2D eigenvalue weighted by Gasteiger charge is -2.35. The number of nitrogens with one attached hydrogen (secondary N) is 1. The second-order valence-corrected chi connectivity index (χ2v) is 7.20. The molecule has 0 radical (unpaired) electrons. The fourth-order valence-electron chi connectivity index (χ4n) is 2.95. The first-order valence-electron chi connectivity index (χ1n) is 7.12. The maximum Gasteiger partial charge on any atom is 0.322 e. The highest BCUT2D eigenvalue weighted by atomic mass is 32.2. The molecule has 7 nitrogen and oxygen atoms in total. The Bertz CT molecular complexity index is 453. The maximum atomic E-state index is 12.4. The van der Waals surface area contributed by atoms with Crippen molar-refractivity contribution in [1.29, 1.82) is 0 Å². The third-order valence-corrected chi connectivity index (χ3v) is 5.73. The van der Waals surface area contributed by atoms with Crippen LogP contribution in [0.2, 0.25) is 0 Å². The third-order valence-electron chi connectivity index (χ3n) is 4.08. The summed E-state index contributed by atoms with van der Waals surface area (Å²) in [4.78, 5) is 11.2. The molecule has 0 amide bonds. The summed E-state index contributed by atoms with van der Waals surface area (Å²) >= 11 is 0. The van der Waals surface area contributed by atoms with E-state index in [-0.39, 0.29) is 6.54 Å². The highest BCUT2D eigenvalue weighted by molar-refractivity contribution is 7.87. The number of carboxylic acids is 1. The lowest BCUT2D eigenvalue weighted by Crippen LogP contribution is -2.56. The summed E-state index contributed by atoms with van der Waals surface area (Å²) in [5.41, 5.74) is 0. The molecule has 3 atom stereocenters. The van der Waals surface area contributed by atoms with Gasteiger partial charge in [0.2, 0.25) is 0 Å². The van der Waals surface area contributed by atoms with Crippen LogP contribution in [0.15, 0.2) is 0 Å². The molecule has 1 heterocycles. The van der Waals surface area contributed by atoms with E-state index in [1.807, 2.05) is 0 Å². The predicted molar refractivity (Wildman–Crippen MR) is 72.3 cm³/mol. The maximum absolute atomic E-state index is 12.4. The van der Waals surface area contributed by atoms with E-state index in [0.717, 1.165) is 23.6 Å². The number of aliphatic hydroxyl groups excluding tert-OH is 1. The fourth-order valence-corrected chi connectivity index (χ4v) is 4.64. The molecule has 2 fully saturated rings. The third kappa shape index (κ3) is 3.49. The van der Waals surface area contributed by atoms with Gasteiger partial charge in [-0.15, -0.1) is 0 Å². The van der Waals surface area contributed by atoms with Crippen molar-refractivity contribution in [2.75, 3.05) is 6.54 Å². The highest BCUT2D eigenvalue weighted by Gasteiger charge is 2.38. The Morgan fingerprint density at radius 3 is 2.40 bits per heavy atom. The van der Waals surface area contributed by atoms with Gasteiger partial charge >= 0.3 is 5.97 Å². The topological polar surface area (TPSA) is 107 Å². The largest absolute Gasteiger partial charge is 0.480 e. The SMILES string of the molecule is O=C(O)C1CCCCN1S(=O)(=O)N[C@@H]1CCCC[C@H]1O. The van der Waals surface area contributed by atoms with Crippen molar-refractivity contribution in [2.45, 2.75) is 63.1 Å². The first-order valence-corrected chi connectivity index (χ1v) is 8.56. The summed E-state index contributed by atoms with van der Waals surface area (Å²) in [6.45, 7) is 0.217. The van der Waals surface area contributed by atoms with Crippen LogP contribution in [-0.4, -0.2) is 53.6 Å². The quantitative estimate of drug-likeness (QED) is 0.681. The van der Waals surface area contributed by atoms with Gasteiger partial charge in [-0.3, -0.25) is 4.79 Å². The summed E-state index contributed by atoms with van der Waals surface area (Å²) in [6, 6.07) is -1.51. The monoisotopic (exact) mass is 306 g/mol. The van der Waals surface area contributed by atoms with Crippen LogP contribution in [0.5, 0.6) is 0 Å². The number of carboxylic acid groups (broad SMARTS) is 1. The number of rotatable bonds is 4. The second-order valence-electron chi connectivity index (χ2n) is 5.54. The fraction of sp³-hybridized carbons (Fsp3) is 0.917. The van der Waals surface area contributed by atoms with E-state index in [1.165, 1.54) is 0 Å². The van der Waals surface area contributed by atoms with Gasteiger partial charge in [0.05, 0.1) is 6.10 Å². The Morgan fingerprint density at radius 2 is 1.75 bits per heavy atom. The normalized spacial score (nSPS) is 33.0. The van der Waals surface area contributed by atoms with E-state index in [9.17, 15) is 18.3 Å². The molecular formula is C12H22N2O5S. The van der Waals surface area contributed by atoms with Crippen LogP contribution in [0, 0.1) is 0 Å². The lowest BCUT2D eigenvalue weighted by molar-refractivity contribution is -0.142. The number of hydrogen-bond acceptors (Lipinski definition) is 4. The van der Waals surface area contributed by atoms with Gasteiger partial charge in [0.15, 0.2) is 0 Å². The van der Waals surface area contributed by atoms with Crippen LogP contribution in [0.1, 0.15) is 44.9 Å². The van der Waals surface area contributed by atoms with Crippen molar-refractivity contribution in [1.82, 2.24) is 9.03 Å². The minimum atomic E-state index is -3.87. The van der Waals surface area contributed by atoms with Crippen molar-refractivity contribution in [3.63, 3.8) is 0 Å². The molecule has 1 unspecified atom stereocenters. The van der Waals surface area contributed by atoms with Gasteiger partial charge in [0.1, 0.15) is 6.04 Å². The van der Waals surface area contributed by atoms with Gasteiger partial charge in [-0.2, -0.15) is 17.4 Å². The molecule has 1 aliphatic heterocycles. The number of carbonyl (C=O) groups is 1. The minimum absolute atomic E-state index is 0.217. The summed E-state index contributed by atoms with van der Waals surface area (Å²) in [6.07, 6.45) is 3.96. The number of aliphatic hydroxyl groups is 1. The van der Waals surface area contributed by atoms with Gasteiger partial charge in [-0.05, 0) is 32.1 Å². The Labute approximate surface area is 119 Å². The number of hydrogen-bond donors (Lipinski definition) is 3. The van der Waals surface area contributed by atoms with Crippen molar-refractivity contribution in [3.05, 3.63) is 0 Å². The molecule has 2 rings (SSSR count). The van der Waals surface area contributed by atoms with Gasteiger partial charge in [-0.25, -0.2) is 0 Å². The molecule has 0 spiro atoms. The van der Waals surface area contributed by atoms with Crippen LogP contribution < -0.4 is 4.72 Å². The molecule has 1 aliphatic carbocycles. The molecule has 0 aromatic rings. The number of nitrogens with zero attached hydrogens (tertiary/aromatic N) is 1. The molecule has 0 aromatic carbocycles. The van der Waals surface area contributed by atoms with E-state index >= 15 is 0 Å². The van der Waals surface area contributed by atoms with E-state index < -0.39 is 34.4 Å². The Morgan fingerprint density at radius 1 is 1.10 bits per heavy atom. The molecule has 8 heteroatoms. The van der Waals surface area contributed by atoms with Gasteiger partial charge in [-0.1, -0.05) is 12.8 Å². The van der Waals surface area contributed by atoms with Crippen LogP contribution in [0.4, 0.5) is 0 Å². The average Bonchev–Trinajstić information content (AvgIpc) is 2.41. The molecule has 2 aliphatic rings. The van der Waals surface area contributed by atoms with Crippen LogP contribution in [-0.2, 0) is 15.0 Å². The van der Waals surface area contributed by atoms with Gasteiger partial charge in [0, 0.05) is 12.6 Å². The standard InChI is InChI=1S/C12H22N2O5S/c15-11-7-2-1-5-9(11)13-20(18,19)14-8-4-3-6-10(14)12(16)17/h9-11,13,15H,1-8H2,(H,16,17)/t9-,10?,11-/m1/s1. The molecule has 3 N–H and O–H groups in total. The summed E-state index contributed by atoms with van der Waals surface area (Å²) in [7, 11) is -3.87. The zero-order valence-electron chi connectivity index (χ0n) is 11.4. The lowest BCUT2D eigenvalue weighted by atomic mass is 9.93. The Hall–Kier alpha value is -0.700. The zero-order valence-corrected chi connectivity index (χ0v) is 12.2. The molecule has 116 valence electrons. The van der Waals surface area contributed by atoms with Crippen LogP contribution >= 0.6 is 0 Å². The Kier molecular flexibility index (Phi) is 5.00. The molecular weight excluding hydrogens is 284 g/mol. The van der Waals surface area contributed by atoms with E-state index in [1.54, 1.807) is 0 Å². The first kappa shape index (κ1) is 15.7. The number of aliphatic carboxylic acids is 1. The minimum Gasteiger partial charge on any atom is -0.480 e. The molecule has 0 bridgehead atoms. The van der Waals surface area contributed by atoms with E-state index in [2.05, 4.69) is 4.72 Å². The van der Waals surface area contributed by atoms with Gasteiger partial charge < -0.3 is 10.2 Å². The van der Waals surface area contributed by atoms with Gasteiger partial charge in [0.25, 0.3) is 10.2 Å². The Balaban J connectivity index is 2.09. The van der Waals surface area contributed by atoms with E-state index in [0.29, 0.717) is 25.7 Å². The number of piperidine rings is 1. The van der Waals surface area contributed by atoms with Crippen LogP contribution in [0.25, 0.3) is 0 Å². The van der Waals surface area contributed by atoms with Crippen molar-refractivity contribution in [3.8, 4) is 0 Å². The first-order chi connectivity index (χ1) is 9.42. The molecule has 1 saturated carbocycles. The van der Waals surface area contributed by atoms with Crippen LogP contribution in [0.3, 0.4) is 0 Å². The second kappa shape index (κ2) is 6.38. The molecule has 20 heavy (non-hydrogen) atoms. The zero-order chi connectivity index (χ0) is 14.8. The molecule has 1 saturated heterocycles. The van der Waals surface area contributed by atoms with Crippen molar-refractivity contribution in [2.24, 2.45) is 0 Å². The summed E-state index contributed by atoms with van der Waals surface area (Å²) < 4.78 is 28.2. The summed E-state index contributed by atoms with van der Waals surface area (Å²) in [5.74, 6) is -1.11. The highest BCUT2D eigenvalue weighted by Crippen LogP contribution is 2.23.